The van der Waals surface area contributed by atoms with Crippen molar-refractivity contribution in [1.29, 1.82) is 0 Å². The predicted molar refractivity (Wildman–Crippen MR) is 122 cm³/mol. The summed E-state index contributed by atoms with van der Waals surface area (Å²) in [5.74, 6) is -0.233. The SMILES string of the molecule is COc1ccccc1NS(=O)(=O)c1ccc(O)c(NC(=O)C(C)Sc2ccccc2)c1. The molecule has 1 unspecified atom stereocenters. The Balaban J connectivity index is 1.78. The van der Waals surface area contributed by atoms with Crippen molar-refractivity contribution < 1.29 is 23.1 Å². The van der Waals surface area contributed by atoms with E-state index in [1.165, 1.54) is 37.1 Å². The topological polar surface area (TPSA) is 105 Å². The smallest absolute Gasteiger partial charge is 0.262 e. The Morgan fingerprint density at radius 3 is 2.39 bits per heavy atom. The molecule has 0 bridgehead atoms. The first-order valence-electron chi connectivity index (χ1n) is 9.31. The highest BCUT2D eigenvalue weighted by molar-refractivity contribution is 8.00. The molecule has 3 aromatic carbocycles. The number of hydrogen-bond acceptors (Lipinski definition) is 6. The summed E-state index contributed by atoms with van der Waals surface area (Å²) in [4.78, 5) is 13.4. The number of anilines is 2. The Hall–Kier alpha value is -3.17. The number of amides is 1. The molecule has 0 heterocycles. The number of sulfonamides is 1. The average molecular weight is 459 g/mol. The van der Waals surface area contributed by atoms with E-state index in [1.54, 1.807) is 31.2 Å². The molecule has 0 saturated carbocycles. The summed E-state index contributed by atoms with van der Waals surface area (Å²) in [6.45, 7) is 1.73. The molecule has 0 fully saturated rings. The van der Waals surface area contributed by atoms with Gasteiger partial charge in [0.05, 0.1) is 28.6 Å². The number of benzene rings is 3. The molecule has 0 aliphatic rings. The minimum absolute atomic E-state index is 0.00779. The van der Waals surface area contributed by atoms with Gasteiger partial charge in [-0.15, -0.1) is 11.8 Å². The van der Waals surface area contributed by atoms with Gasteiger partial charge < -0.3 is 15.2 Å². The third kappa shape index (κ3) is 5.71. The predicted octanol–water partition coefficient (Wildman–Crippen LogP) is 4.32. The van der Waals surface area contributed by atoms with Gasteiger partial charge in [-0.1, -0.05) is 30.3 Å². The van der Waals surface area contributed by atoms with Crippen LogP contribution in [0.4, 0.5) is 11.4 Å². The molecule has 1 amide bonds. The van der Waals surface area contributed by atoms with Gasteiger partial charge in [0.1, 0.15) is 11.5 Å². The summed E-state index contributed by atoms with van der Waals surface area (Å²) in [5.41, 5.74) is 0.282. The Labute approximate surface area is 185 Å². The van der Waals surface area contributed by atoms with Crippen LogP contribution < -0.4 is 14.8 Å². The molecular formula is C22H22N2O5S2. The molecule has 3 rings (SSSR count). The zero-order valence-electron chi connectivity index (χ0n) is 16.9. The van der Waals surface area contributed by atoms with Gasteiger partial charge in [0.2, 0.25) is 5.91 Å². The van der Waals surface area contributed by atoms with Gasteiger partial charge in [-0.05, 0) is 49.4 Å². The lowest BCUT2D eigenvalue weighted by Crippen LogP contribution is -2.22. The fraction of sp³-hybridized carbons (Fsp3) is 0.136. The van der Waals surface area contributed by atoms with Crippen molar-refractivity contribution in [2.24, 2.45) is 0 Å². The minimum atomic E-state index is -3.99. The zero-order chi connectivity index (χ0) is 22.4. The molecule has 0 radical (unpaired) electrons. The van der Waals surface area contributed by atoms with Crippen molar-refractivity contribution in [3.05, 3.63) is 72.8 Å². The lowest BCUT2D eigenvalue weighted by atomic mass is 10.3. The van der Waals surface area contributed by atoms with Gasteiger partial charge in [0.25, 0.3) is 10.0 Å². The standard InChI is InChI=1S/C22H22N2O5S2/c1-15(30-16-8-4-3-5-9-16)22(26)23-19-14-17(12-13-20(19)25)31(27,28)24-18-10-6-7-11-21(18)29-2/h3-15,24-25H,1-2H3,(H,23,26). The number of nitrogens with one attached hydrogen (secondary N) is 2. The zero-order valence-corrected chi connectivity index (χ0v) is 18.5. The Kier molecular flexibility index (Phi) is 7.09. The van der Waals surface area contributed by atoms with E-state index in [-0.39, 0.29) is 27.9 Å². The monoisotopic (exact) mass is 458 g/mol. The summed E-state index contributed by atoms with van der Waals surface area (Å²) in [6, 6.07) is 19.7. The summed E-state index contributed by atoms with van der Waals surface area (Å²) < 4.78 is 33.3. The van der Waals surface area contributed by atoms with Gasteiger partial charge >= 0.3 is 0 Å². The van der Waals surface area contributed by atoms with Crippen LogP contribution in [0, 0.1) is 0 Å². The van der Waals surface area contributed by atoms with Crippen LogP contribution in [0.5, 0.6) is 11.5 Å². The second kappa shape index (κ2) is 9.76. The van der Waals surface area contributed by atoms with Gasteiger partial charge in [-0.3, -0.25) is 9.52 Å². The van der Waals surface area contributed by atoms with Crippen molar-refractivity contribution in [2.75, 3.05) is 17.1 Å². The number of thioether (sulfide) groups is 1. The second-order valence-corrected chi connectivity index (χ2v) is 9.64. The number of carbonyl (C=O) groups excluding carboxylic acids is 1. The highest BCUT2D eigenvalue weighted by atomic mass is 32.2. The van der Waals surface area contributed by atoms with Crippen LogP contribution in [-0.2, 0) is 14.8 Å². The molecule has 162 valence electrons. The van der Waals surface area contributed by atoms with E-state index >= 15 is 0 Å². The summed E-state index contributed by atoms with van der Waals surface area (Å²) in [5, 5.41) is 12.3. The van der Waals surface area contributed by atoms with Crippen LogP contribution in [0.3, 0.4) is 0 Å². The quantitative estimate of drug-likeness (QED) is 0.343. The molecule has 0 aliphatic carbocycles. The van der Waals surface area contributed by atoms with Crippen LogP contribution in [0.15, 0.2) is 82.6 Å². The molecule has 3 N–H and O–H groups in total. The maximum absolute atomic E-state index is 12.8. The summed E-state index contributed by atoms with van der Waals surface area (Å²) in [6.07, 6.45) is 0. The number of hydrogen-bond donors (Lipinski definition) is 3. The molecule has 0 saturated heterocycles. The fourth-order valence-electron chi connectivity index (χ4n) is 2.71. The largest absolute Gasteiger partial charge is 0.506 e. The van der Waals surface area contributed by atoms with Gasteiger partial charge in [0.15, 0.2) is 0 Å². The number of para-hydroxylation sites is 2. The highest BCUT2D eigenvalue weighted by Gasteiger charge is 2.21. The van der Waals surface area contributed by atoms with E-state index in [2.05, 4.69) is 10.0 Å². The summed E-state index contributed by atoms with van der Waals surface area (Å²) >= 11 is 1.35. The third-order valence-corrected chi connectivity index (χ3v) is 6.79. The van der Waals surface area contributed by atoms with Crippen LogP contribution >= 0.6 is 11.8 Å². The number of methoxy groups -OCH3 is 1. The lowest BCUT2D eigenvalue weighted by molar-refractivity contribution is -0.115. The minimum Gasteiger partial charge on any atom is -0.506 e. The van der Waals surface area contributed by atoms with E-state index < -0.39 is 15.3 Å². The van der Waals surface area contributed by atoms with Crippen molar-refractivity contribution >= 4 is 39.1 Å². The average Bonchev–Trinajstić information content (AvgIpc) is 2.76. The lowest BCUT2D eigenvalue weighted by Gasteiger charge is -2.15. The van der Waals surface area contributed by atoms with E-state index in [1.807, 2.05) is 30.3 Å². The van der Waals surface area contributed by atoms with E-state index in [4.69, 9.17) is 4.74 Å². The number of rotatable bonds is 8. The fourth-order valence-corrected chi connectivity index (χ4v) is 4.69. The number of phenolic OH excluding ortho intramolecular Hbond substituents is 1. The Bertz CT molecular complexity index is 1170. The van der Waals surface area contributed by atoms with Crippen LogP contribution in [0.1, 0.15) is 6.92 Å². The van der Waals surface area contributed by atoms with E-state index in [9.17, 15) is 18.3 Å². The molecule has 31 heavy (non-hydrogen) atoms. The third-order valence-electron chi connectivity index (χ3n) is 4.31. The first-order valence-corrected chi connectivity index (χ1v) is 11.7. The molecule has 0 aliphatic heterocycles. The molecule has 0 spiro atoms. The van der Waals surface area contributed by atoms with Crippen molar-refractivity contribution in [2.45, 2.75) is 22.0 Å². The van der Waals surface area contributed by atoms with Crippen LogP contribution in [-0.4, -0.2) is 31.8 Å². The van der Waals surface area contributed by atoms with E-state index in [0.29, 0.717) is 5.75 Å². The number of aromatic hydroxyl groups is 1. The molecule has 0 aromatic heterocycles. The molecule has 1 atom stereocenters. The van der Waals surface area contributed by atoms with Crippen molar-refractivity contribution in [1.82, 2.24) is 0 Å². The first-order chi connectivity index (χ1) is 14.8. The van der Waals surface area contributed by atoms with Gasteiger partial charge in [0, 0.05) is 4.90 Å². The molecule has 3 aromatic rings. The van der Waals surface area contributed by atoms with Crippen LogP contribution in [0.2, 0.25) is 0 Å². The Morgan fingerprint density at radius 1 is 1.00 bits per heavy atom. The van der Waals surface area contributed by atoms with Crippen molar-refractivity contribution in [3.8, 4) is 11.5 Å². The Morgan fingerprint density at radius 2 is 1.68 bits per heavy atom. The van der Waals surface area contributed by atoms with Gasteiger partial charge in [-0.25, -0.2) is 8.42 Å². The maximum atomic E-state index is 12.8. The first kappa shape index (κ1) is 22.5. The maximum Gasteiger partial charge on any atom is 0.262 e. The second-order valence-electron chi connectivity index (χ2n) is 6.55. The number of carbonyl (C=O) groups is 1. The van der Waals surface area contributed by atoms with Gasteiger partial charge in [-0.2, -0.15) is 0 Å². The van der Waals surface area contributed by atoms with Crippen LogP contribution in [0.25, 0.3) is 0 Å². The number of ether oxygens (including phenoxy) is 1. The summed E-state index contributed by atoms with van der Waals surface area (Å²) in [7, 11) is -2.55. The van der Waals surface area contributed by atoms with E-state index in [0.717, 1.165) is 4.90 Å². The molecule has 7 nitrogen and oxygen atoms in total. The normalized spacial score (nSPS) is 12.1. The highest BCUT2D eigenvalue weighted by Crippen LogP contribution is 2.31. The molecular weight excluding hydrogens is 436 g/mol. The number of phenols is 1. The van der Waals surface area contributed by atoms with Crippen molar-refractivity contribution in [3.63, 3.8) is 0 Å². The molecule has 9 heteroatoms.